The van der Waals surface area contributed by atoms with Gasteiger partial charge in [0.15, 0.2) is 5.69 Å². The number of halogens is 2. The molecule has 3 aromatic rings. The first-order valence-corrected chi connectivity index (χ1v) is 7.75. The van der Waals surface area contributed by atoms with Crippen molar-refractivity contribution in [2.45, 2.75) is 26.2 Å². The highest BCUT2D eigenvalue weighted by atomic mass is 35.5. The van der Waals surface area contributed by atoms with E-state index in [9.17, 15) is 10.3 Å². The van der Waals surface area contributed by atoms with Crippen LogP contribution in [0.4, 0.5) is 0 Å². The van der Waals surface area contributed by atoms with Gasteiger partial charge in [0.2, 0.25) is 5.52 Å². The zero-order valence-electron chi connectivity index (χ0n) is 12.8. The molecule has 3 rings (SSSR count). The van der Waals surface area contributed by atoms with E-state index in [1.54, 1.807) is 18.2 Å². The van der Waals surface area contributed by atoms with E-state index in [2.05, 4.69) is 5.10 Å². The zero-order chi connectivity index (χ0) is 16.9. The lowest BCUT2D eigenvalue weighted by Gasteiger charge is -2.19. The molecule has 0 saturated carbocycles. The highest BCUT2D eigenvalue weighted by molar-refractivity contribution is 6.37. The van der Waals surface area contributed by atoms with Gasteiger partial charge in [-0.15, -0.1) is 4.85 Å². The van der Waals surface area contributed by atoms with Crippen LogP contribution in [0.15, 0.2) is 30.3 Å². The van der Waals surface area contributed by atoms with Crippen molar-refractivity contribution in [2.75, 3.05) is 0 Å². The maximum atomic E-state index is 12.6. The average molecular weight is 352 g/mol. The SMILES string of the molecule is CC(C)(C)c1ccc(O)c(-n2nc3cc(Cl)cc(Cl)c3[n+]2[O-])c1. The molecule has 2 aromatic carbocycles. The van der Waals surface area contributed by atoms with E-state index in [0.717, 1.165) is 10.4 Å². The van der Waals surface area contributed by atoms with Gasteiger partial charge in [-0.2, -0.15) is 0 Å². The molecule has 0 amide bonds. The lowest BCUT2D eigenvalue weighted by atomic mass is 9.87. The first-order chi connectivity index (χ1) is 10.7. The predicted molar refractivity (Wildman–Crippen MR) is 90.4 cm³/mol. The summed E-state index contributed by atoms with van der Waals surface area (Å²) in [6, 6.07) is 8.15. The third-order valence-corrected chi connectivity index (χ3v) is 4.14. The number of phenolic OH excluding ortho intramolecular Hbond substituents is 1. The number of aromatic hydroxyl groups is 1. The number of hydrogen-bond acceptors (Lipinski definition) is 3. The molecule has 7 heteroatoms. The van der Waals surface area contributed by atoms with Gasteiger partial charge in [-0.3, -0.25) is 0 Å². The van der Waals surface area contributed by atoms with Crippen molar-refractivity contribution >= 4 is 34.2 Å². The molecule has 0 aliphatic heterocycles. The Labute approximate surface area is 143 Å². The number of benzene rings is 2. The van der Waals surface area contributed by atoms with Crippen LogP contribution < -0.4 is 4.85 Å². The fourth-order valence-corrected chi connectivity index (χ4v) is 2.91. The number of phenols is 1. The number of fused-ring (bicyclic) bond motifs is 1. The Morgan fingerprint density at radius 2 is 1.87 bits per heavy atom. The van der Waals surface area contributed by atoms with Crippen LogP contribution in [0, 0.1) is 5.21 Å². The van der Waals surface area contributed by atoms with Crippen LogP contribution in [0.3, 0.4) is 0 Å². The maximum Gasteiger partial charge on any atom is 0.253 e. The Kier molecular flexibility index (Phi) is 3.65. The summed E-state index contributed by atoms with van der Waals surface area (Å²) >= 11 is 12.0. The fourth-order valence-electron chi connectivity index (χ4n) is 2.36. The van der Waals surface area contributed by atoms with Gasteiger partial charge >= 0.3 is 0 Å². The van der Waals surface area contributed by atoms with Crippen molar-refractivity contribution in [3.63, 3.8) is 0 Å². The summed E-state index contributed by atoms with van der Waals surface area (Å²) in [6.07, 6.45) is 0. The average Bonchev–Trinajstić information content (AvgIpc) is 2.75. The van der Waals surface area contributed by atoms with Gasteiger partial charge in [0.25, 0.3) is 5.52 Å². The van der Waals surface area contributed by atoms with Gasteiger partial charge in [-0.1, -0.05) is 50.0 Å². The summed E-state index contributed by atoms with van der Waals surface area (Å²) in [5, 5.41) is 27.5. The molecule has 0 spiro atoms. The van der Waals surface area contributed by atoms with Crippen molar-refractivity contribution in [3.05, 3.63) is 51.1 Å². The van der Waals surface area contributed by atoms with Crippen molar-refractivity contribution in [1.82, 2.24) is 9.90 Å². The second kappa shape index (κ2) is 5.28. The molecule has 0 aliphatic rings. The molecule has 0 saturated heterocycles. The maximum absolute atomic E-state index is 12.6. The number of rotatable bonds is 1. The van der Waals surface area contributed by atoms with Gasteiger partial charge in [-0.25, -0.2) is 0 Å². The van der Waals surface area contributed by atoms with Gasteiger partial charge in [0.05, 0.1) is 10.1 Å². The molecule has 1 heterocycles. The summed E-state index contributed by atoms with van der Waals surface area (Å²) in [5.41, 5.74) is 1.68. The standard InChI is InChI=1S/C16H15Cl2N3O2/c1-16(2,3)9-4-5-14(22)13(6-9)20-19-12-8-10(17)7-11(18)15(12)21(20)23/h4-8,22H,1-3H3. The Morgan fingerprint density at radius 3 is 2.52 bits per heavy atom. The molecule has 1 N–H and O–H groups in total. The molecule has 1 aromatic heterocycles. The zero-order valence-corrected chi connectivity index (χ0v) is 14.4. The van der Waals surface area contributed by atoms with Crippen LogP contribution >= 0.6 is 23.2 Å². The van der Waals surface area contributed by atoms with Crippen molar-refractivity contribution in [3.8, 4) is 11.4 Å². The molecule has 0 bridgehead atoms. The van der Waals surface area contributed by atoms with E-state index in [4.69, 9.17) is 23.2 Å². The van der Waals surface area contributed by atoms with Crippen LogP contribution in [0.1, 0.15) is 26.3 Å². The fraction of sp³-hybridized carbons (Fsp3) is 0.250. The smallest absolute Gasteiger partial charge is 0.253 e. The number of aromatic nitrogens is 3. The minimum atomic E-state index is -0.135. The first kappa shape index (κ1) is 15.9. The minimum Gasteiger partial charge on any atom is -0.692 e. The van der Waals surface area contributed by atoms with Crippen LogP contribution in [0.2, 0.25) is 10.0 Å². The quantitative estimate of drug-likeness (QED) is 0.532. The van der Waals surface area contributed by atoms with Crippen LogP contribution in [-0.2, 0) is 5.41 Å². The second-order valence-corrected chi connectivity index (χ2v) is 7.21. The van der Waals surface area contributed by atoms with Crippen LogP contribution in [-0.4, -0.2) is 15.0 Å². The van der Waals surface area contributed by atoms with E-state index in [1.165, 1.54) is 6.07 Å². The Morgan fingerprint density at radius 1 is 1.17 bits per heavy atom. The highest BCUT2D eigenvalue weighted by Crippen LogP contribution is 2.30. The van der Waals surface area contributed by atoms with Gasteiger partial charge in [0, 0.05) is 11.1 Å². The minimum absolute atomic E-state index is 0.0439. The molecule has 0 fully saturated rings. The summed E-state index contributed by atoms with van der Waals surface area (Å²) in [6.45, 7) is 6.14. The Hall–Kier alpha value is -1.98. The predicted octanol–water partition coefficient (Wildman–Crippen LogP) is 3.97. The number of nitrogens with zero attached hydrogens (tertiary/aromatic N) is 3. The summed E-state index contributed by atoms with van der Waals surface area (Å²) < 4.78 is 0. The lowest BCUT2D eigenvalue weighted by molar-refractivity contribution is -0.664. The lowest BCUT2D eigenvalue weighted by Crippen LogP contribution is -2.37. The molecule has 0 radical (unpaired) electrons. The van der Waals surface area contributed by atoms with Gasteiger partial charge in [-0.05, 0) is 34.0 Å². The monoisotopic (exact) mass is 351 g/mol. The van der Waals surface area contributed by atoms with Crippen LogP contribution in [0.25, 0.3) is 16.7 Å². The van der Waals surface area contributed by atoms with Crippen LogP contribution in [0.5, 0.6) is 5.75 Å². The van der Waals surface area contributed by atoms with Gasteiger partial charge in [0.1, 0.15) is 5.75 Å². The molecular formula is C16H15Cl2N3O2. The Bertz CT molecular complexity index is 914. The van der Waals surface area contributed by atoms with E-state index in [0.29, 0.717) is 15.4 Å². The molecule has 5 nitrogen and oxygen atoms in total. The molecule has 23 heavy (non-hydrogen) atoms. The van der Waals surface area contributed by atoms with Crippen molar-refractivity contribution in [2.24, 2.45) is 0 Å². The largest absolute Gasteiger partial charge is 0.692 e. The molecular weight excluding hydrogens is 337 g/mol. The number of hydrogen-bond donors (Lipinski definition) is 1. The first-order valence-electron chi connectivity index (χ1n) is 7.00. The Balaban J connectivity index is 2.29. The normalized spacial score (nSPS) is 12.0. The highest BCUT2D eigenvalue weighted by Gasteiger charge is 2.24. The van der Waals surface area contributed by atoms with E-state index < -0.39 is 0 Å². The third-order valence-electron chi connectivity index (χ3n) is 3.63. The van der Waals surface area contributed by atoms with Crippen molar-refractivity contribution < 1.29 is 9.95 Å². The summed E-state index contributed by atoms with van der Waals surface area (Å²) in [7, 11) is 0. The molecule has 0 atom stereocenters. The van der Waals surface area contributed by atoms with E-state index >= 15 is 0 Å². The summed E-state index contributed by atoms with van der Waals surface area (Å²) in [4.78, 5) is 1.63. The molecule has 0 aliphatic carbocycles. The molecule has 120 valence electrons. The van der Waals surface area contributed by atoms with E-state index in [1.807, 2.05) is 26.8 Å². The summed E-state index contributed by atoms with van der Waals surface area (Å²) in [5.74, 6) is -0.0439. The molecule has 0 unspecified atom stereocenters. The topological polar surface area (TPSA) is 65.0 Å². The van der Waals surface area contributed by atoms with Gasteiger partial charge < -0.3 is 10.3 Å². The third kappa shape index (κ3) is 2.71. The van der Waals surface area contributed by atoms with Crippen molar-refractivity contribution in [1.29, 1.82) is 0 Å². The second-order valence-electron chi connectivity index (χ2n) is 6.37. The van der Waals surface area contributed by atoms with E-state index in [-0.39, 0.29) is 27.4 Å².